The Morgan fingerprint density at radius 1 is 1.24 bits per heavy atom. The van der Waals surface area contributed by atoms with Crippen molar-refractivity contribution in [1.82, 2.24) is 4.98 Å². The fourth-order valence-corrected chi connectivity index (χ4v) is 1.86. The Morgan fingerprint density at radius 2 is 2.05 bits per heavy atom. The van der Waals surface area contributed by atoms with Gasteiger partial charge in [0, 0.05) is 18.3 Å². The van der Waals surface area contributed by atoms with Gasteiger partial charge in [0.15, 0.2) is 0 Å². The summed E-state index contributed by atoms with van der Waals surface area (Å²) in [5, 5.41) is 12.3. The van der Waals surface area contributed by atoms with Crippen molar-refractivity contribution >= 4 is 5.82 Å². The molecule has 0 aliphatic rings. The first kappa shape index (κ1) is 14.9. The number of hydrogen-bond donors (Lipinski definition) is 1. The molecule has 0 unspecified atom stereocenters. The number of hydrogen-bond acceptors (Lipinski definition) is 4. The van der Waals surface area contributed by atoms with Crippen molar-refractivity contribution in [3.63, 3.8) is 0 Å². The van der Waals surface area contributed by atoms with Crippen LogP contribution in [0, 0.1) is 17.2 Å². The van der Waals surface area contributed by atoms with E-state index in [1.807, 2.05) is 24.3 Å². The summed E-state index contributed by atoms with van der Waals surface area (Å²) < 4.78 is 5.82. The number of ether oxygens (including phenoxy) is 1. The Balaban J connectivity index is 2.08. The zero-order valence-corrected chi connectivity index (χ0v) is 12.3. The highest BCUT2D eigenvalue weighted by Crippen LogP contribution is 2.20. The van der Waals surface area contributed by atoms with Gasteiger partial charge in [0.2, 0.25) is 0 Å². The highest BCUT2D eigenvalue weighted by Gasteiger charge is 2.06. The third kappa shape index (κ3) is 4.22. The molecule has 21 heavy (non-hydrogen) atoms. The second-order valence-electron chi connectivity index (χ2n) is 5.18. The Bertz CT molecular complexity index is 632. The molecule has 0 saturated carbocycles. The number of nitriles is 1. The predicted octanol–water partition coefficient (Wildman–Crippen LogP) is 3.60. The van der Waals surface area contributed by atoms with Crippen LogP contribution in [0.5, 0.6) is 5.75 Å². The van der Waals surface area contributed by atoms with E-state index in [0.717, 1.165) is 11.3 Å². The van der Waals surface area contributed by atoms with Crippen molar-refractivity contribution in [3.8, 4) is 11.8 Å². The molecule has 0 aliphatic heterocycles. The van der Waals surface area contributed by atoms with Crippen LogP contribution in [0.25, 0.3) is 0 Å². The van der Waals surface area contributed by atoms with Crippen molar-refractivity contribution in [2.75, 3.05) is 11.9 Å². The summed E-state index contributed by atoms with van der Waals surface area (Å²) in [5.41, 5.74) is 1.59. The molecule has 1 aromatic carbocycles. The van der Waals surface area contributed by atoms with Gasteiger partial charge in [-0.15, -0.1) is 0 Å². The van der Waals surface area contributed by atoms with Gasteiger partial charge >= 0.3 is 0 Å². The Morgan fingerprint density at radius 3 is 2.81 bits per heavy atom. The molecule has 0 amide bonds. The van der Waals surface area contributed by atoms with Crippen LogP contribution in [0.3, 0.4) is 0 Å². The Hall–Kier alpha value is -2.54. The molecule has 0 spiro atoms. The quantitative estimate of drug-likeness (QED) is 0.879. The van der Waals surface area contributed by atoms with Crippen molar-refractivity contribution < 1.29 is 4.74 Å². The summed E-state index contributed by atoms with van der Waals surface area (Å²) in [6, 6.07) is 13.5. The molecular formula is C17H19N3O. The Labute approximate surface area is 125 Å². The summed E-state index contributed by atoms with van der Waals surface area (Å²) in [6.45, 7) is 5.49. The average Bonchev–Trinajstić information content (AvgIpc) is 2.51. The molecule has 1 aromatic heterocycles. The minimum Gasteiger partial charge on any atom is -0.493 e. The van der Waals surface area contributed by atoms with E-state index in [4.69, 9.17) is 10.00 Å². The van der Waals surface area contributed by atoms with Crippen LogP contribution >= 0.6 is 0 Å². The number of benzene rings is 1. The van der Waals surface area contributed by atoms with E-state index in [2.05, 4.69) is 30.2 Å². The van der Waals surface area contributed by atoms with Gasteiger partial charge in [0.25, 0.3) is 0 Å². The fraction of sp³-hybridized carbons (Fsp3) is 0.294. The maximum Gasteiger partial charge on any atom is 0.144 e. The number of rotatable bonds is 6. The third-order valence-corrected chi connectivity index (χ3v) is 2.92. The summed E-state index contributed by atoms with van der Waals surface area (Å²) in [5.74, 6) is 1.94. The second kappa shape index (κ2) is 7.30. The van der Waals surface area contributed by atoms with Crippen LogP contribution in [0.1, 0.15) is 25.0 Å². The summed E-state index contributed by atoms with van der Waals surface area (Å²) in [7, 11) is 0. The lowest BCUT2D eigenvalue weighted by Gasteiger charge is -2.14. The smallest absolute Gasteiger partial charge is 0.144 e. The fourth-order valence-electron chi connectivity index (χ4n) is 1.86. The topological polar surface area (TPSA) is 57.9 Å². The number of nitrogens with zero attached hydrogens (tertiary/aromatic N) is 2. The van der Waals surface area contributed by atoms with Crippen molar-refractivity contribution in [2.45, 2.75) is 20.4 Å². The van der Waals surface area contributed by atoms with Gasteiger partial charge in [-0.2, -0.15) is 5.26 Å². The van der Waals surface area contributed by atoms with E-state index >= 15 is 0 Å². The molecule has 108 valence electrons. The lowest BCUT2D eigenvalue weighted by molar-refractivity contribution is 0.269. The summed E-state index contributed by atoms with van der Waals surface area (Å²) >= 11 is 0. The molecule has 0 bridgehead atoms. The zero-order chi connectivity index (χ0) is 15.1. The van der Waals surface area contributed by atoms with Crippen molar-refractivity contribution in [2.24, 2.45) is 5.92 Å². The van der Waals surface area contributed by atoms with Gasteiger partial charge in [-0.05, 0) is 24.1 Å². The number of aromatic nitrogens is 1. The SMILES string of the molecule is CC(C)COc1ccccc1CNc1ncccc1C#N. The van der Waals surface area contributed by atoms with Crippen LogP contribution < -0.4 is 10.1 Å². The number of para-hydroxylation sites is 1. The molecule has 0 fully saturated rings. The first-order valence-electron chi connectivity index (χ1n) is 7.00. The highest BCUT2D eigenvalue weighted by atomic mass is 16.5. The maximum absolute atomic E-state index is 9.06. The third-order valence-electron chi connectivity index (χ3n) is 2.92. The summed E-state index contributed by atoms with van der Waals surface area (Å²) in [6.07, 6.45) is 1.67. The molecule has 4 nitrogen and oxygen atoms in total. The van der Waals surface area contributed by atoms with Gasteiger partial charge in [0.05, 0.1) is 12.2 Å². The first-order valence-corrected chi connectivity index (χ1v) is 7.00. The monoisotopic (exact) mass is 281 g/mol. The average molecular weight is 281 g/mol. The normalized spacial score (nSPS) is 10.2. The summed E-state index contributed by atoms with van der Waals surface area (Å²) in [4.78, 5) is 4.19. The Kier molecular flexibility index (Phi) is 5.16. The van der Waals surface area contributed by atoms with Crippen LogP contribution in [0.4, 0.5) is 5.82 Å². The molecule has 4 heteroatoms. The largest absolute Gasteiger partial charge is 0.493 e. The lowest BCUT2D eigenvalue weighted by Crippen LogP contribution is -2.09. The molecule has 0 saturated heterocycles. The van der Waals surface area contributed by atoms with Gasteiger partial charge in [-0.25, -0.2) is 4.98 Å². The van der Waals surface area contributed by atoms with Crippen LogP contribution in [-0.4, -0.2) is 11.6 Å². The molecule has 0 radical (unpaired) electrons. The molecule has 1 N–H and O–H groups in total. The van der Waals surface area contributed by atoms with Gasteiger partial charge < -0.3 is 10.1 Å². The van der Waals surface area contributed by atoms with Gasteiger partial charge in [-0.1, -0.05) is 32.0 Å². The van der Waals surface area contributed by atoms with Crippen LogP contribution in [0.15, 0.2) is 42.6 Å². The van der Waals surface area contributed by atoms with E-state index in [-0.39, 0.29) is 0 Å². The predicted molar refractivity (Wildman–Crippen MR) is 83.1 cm³/mol. The van der Waals surface area contributed by atoms with E-state index in [0.29, 0.717) is 30.5 Å². The standard InChI is InChI=1S/C17H19N3O/c1-13(2)12-21-16-8-4-3-6-15(16)11-20-17-14(10-18)7-5-9-19-17/h3-9,13H,11-12H2,1-2H3,(H,19,20). The van der Waals surface area contributed by atoms with E-state index in [1.54, 1.807) is 18.3 Å². The number of pyridine rings is 1. The van der Waals surface area contributed by atoms with Gasteiger partial charge in [-0.3, -0.25) is 0 Å². The molecule has 1 heterocycles. The zero-order valence-electron chi connectivity index (χ0n) is 12.3. The maximum atomic E-state index is 9.06. The van der Waals surface area contributed by atoms with Crippen LogP contribution in [0.2, 0.25) is 0 Å². The van der Waals surface area contributed by atoms with Crippen molar-refractivity contribution in [3.05, 3.63) is 53.7 Å². The van der Waals surface area contributed by atoms with E-state index in [9.17, 15) is 0 Å². The minimum absolute atomic E-state index is 0.479. The van der Waals surface area contributed by atoms with Crippen LogP contribution in [-0.2, 0) is 6.54 Å². The highest BCUT2D eigenvalue weighted by molar-refractivity contribution is 5.52. The van der Waals surface area contributed by atoms with Crippen molar-refractivity contribution in [1.29, 1.82) is 5.26 Å². The lowest BCUT2D eigenvalue weighted by atomic mass is 10.2. The van der Waals surface area contributed by atoms with E-state index < -0.39 is 0 Å². The second-order valence-corrected chi connectivity index (χ2v) is 5.18. The molecule has 0 atom stereocenters. The van der Waals surface area contributed by atoms with E-state index in [1.165, 1.54) is 0 Å². The molecule has 0 aliphatic carbocycles. The number of nitrogens with one attached hydrogen (secondary N) is 1. The minimum atomic E-state index is 0.479. The molecular weight excluding hydrogens is 262 g/mol. The van der Waals surface area contributed by atoms with Gasteiger partial charge in [0.1, 0.15) is 17.6 Å². The molecule has 2 aromatic rings. The first-order chi connectivity index (χ1) is 10.2. The number of anilines is 1. The molecule has 2 rings (SSSR count).